The van der Waals surface area contributed by atoms with Crippen molar-refractivity contribution in [2.24, 2.45) is 0 Å². The van der Waals surface area contributed by atoms with Crippen LogP contribution in [0.2, 0.25) is 0 Å². The Morgan fingerprint density at radius 3 is 2.68 bits per heavy atom. The number of hydrogen-bond donors (Lipinski definition) is 2. The molecule has 0 unspecified atom stereocenters. The second-order valence-corrected chi connectivity index (χ2v) is 5.67. The summed E-state index contributed by atoms with van der Waals surface area (Å²) < 4.78 is 10.4. The van der Waals surface area contributed by atoms with Crippen LogP contribution in [0.1, 0.15) is 25.3 Å². The molecule has 1 aliphatic heterocycles. The highest BCUT2D eigenvalue weighted by Gasteiger charge is 2.18. The number of amides is 2. The van der Waals surface area contributed by atoms with Crippen molar-refractivity contribution < 1.29 is 23.9 Å². The van der Waals surface area contributed by atoms with Crippen LogP contribution in [0.5, 0.6) is 0 Å². The van der Waals surface area contributed by atoms with Gasteiger partial charge in [0.1, 0.15) is 5.70 Å². The van der Waals surface area contributed by atoms with Crippen molar-refractivity contribution >= 4 is 23.9 Å². The molecule has 0 aliphatic carbocycles. The van der Waals surface area contributed by atoms with Gasteiger partial charge in [-0.2, -0.15) is 0 Å². The normalized spacial score (nSPS) is 17.0. The van der Waals surface area contributed by atoms with Gasteiger partial charge in [-0.05, 0) is 24.5 Å². The van der Waals surface area contributed by atoms with Crippen LogP contribution in [0.3, 0.4) is 0 Å². The average molecular weight is 346 g/mol. The quantitative estimate of drug-likeness (QED) is 0.567. The van der Waals surface area contributed by atoms with Gasteiger partial charge in [0.2, 0.25) is 5.91 Å². The Hall–Kier alpha value is -2.67. The highest BCUT2D eigenvalue weighted by molar-refractivity contribution is 5.98. The van der Waals surface area contributed by atoms with Crippen LogP contribution in [-0.2, 0) is 23.9 Å². The first-order chi connectivity index (χ1) is 12.0. The summed E-state index contributed by atoms with van der Waals surface area (Å²) in [4.78, 5) is 35.2. The summed E-state index contributed by atoms with van der Waals surface area (Å²) in [6.45, 7) is 1.98. The minimum absolute atomic E-state index is 0.0209. The molecule has 1 aromatic carbocycles. The number of nitrogens with one attached hydrogen (secondary N) is 2. The Bertz CT molecular complexity index is 636. The zero-order valence-electron chi connectivity index (χ0n) is 14.1. The molecular weight excluding hydrogens is 324 g/mol. The Labute approximate surface area is 146 Å². The fourth-order valence-electron chi connectivity index (χ4n) is 2.34. The monoisotopic (exact) mass is 346 g/mol. The molecule has 1 aromatic rings. The Morgan fingerprint density at radius 2 is 2.04 bits per heavy atom. The number of hydrogen-bond acceptors (Lipinski definition) is 5. The first-order valence-electron chi connectivity index (χ1n) is 8.14. The average Bonchev–Trinajstić information content (AvgIpc) is 3.11. The number of carbonyl (C=O) groups is 3. The van der Waals surface area contributed by atoms with E-state index >= 15 is 0 Å². The third-order valence-corrected chi connectivity index (χ3v) is 3.53. The summed E-state index contributed by atoms with van der Waals surface area (Å²) in [6, 6.07) is 9.02. The summed E-state index contributed by atoms with van der Waals surface area (Å²) in [5, 5.41) is 5.09. The minimum atomic E-state index is -0.772. The summed E-state index contributed by atoms with van der Waals surface area (Å²) in [7, 11) is 0. The third kappa shape index (κ3) is 6.76. The van der Waals surface area contributed by atoms with Gasteiger partial charge in [-0.3, -0.25) is 9.59 Å². The number of ether oxygens (including phenoxy) is 2. The number of benzene rings is 1. The van der Waals surface area contributed by atoms with Crippen molar-refractivity contribution in [1.29, 1.82) is 0 Å². The maximum Gasteiger partial charge on any atom is 0.355 e. The van der Waals surface area contributed by atoms with E-state index in [-0.39, 0.29) is 11.8 Å². The van der Waals surface area contributed by atoms with Gasteiger partial charge in [0.05, 0.1) is 6.10 Å². The first kappa shape index (κ1) is 18.7. The predicted molar refractivity (Wildman–Crippen MR) is 91.2 cm³/mol. The van der Waals surface area contributed by atoms with Crippen molar-refractivity contribution in [1.82, 2.24) is 10.6 Å². The summed E-state index contributed by atoms with van der Waals surface area (Å²) in [5.74, 6) is -1.58. The van der Waals surface area contributed by atoms with Gasteiger partial charge in [0.25, 0.3) is 5.91 Å². The molecule has 134 valence electrons. The van der Waals surface area contributed by atoms with Crippen LogP contribution in [0, 0.1) is 0 Å². The molecule has 0 bridgehead atoms. The Morgan fingerprint density at radius 1 is 1.28 bits per heavy atom. The smallest absolute Gasteiger partial charge is 0.355 e. The van der Waals surface area contributed by atoms with Gasteiger partial charge < -0.3 is 20.1 Å². The van der Waals surface area contributed by atoms with Crippen molar-refractivity contribution in [2.45, 2.75) is 25.9 Å². The largest absolute Gasteiger partial charge is 0.451 e. The standard InChI is InChI=1S/C18H22N2O5/c1-13(21)20-16(10-14-6-3-2-4-7-14)18(23)25-12-17(22)19-11-15-8-5-9-24-15/h2-4,6-7,10,15H,5,8-9,11-12H2,1H3,(H,19,22)(H,20,21)/b16-10-/t15-/m0/s1. The fourth-order valence-corrected chi connectivity index (χ4v) is 2.34. The molecular formula is C18H22N2O5. The van der Waals surface area contributed by atoms with E-state index in [2.05, 4.69) is 10.6 Å². The van der Waals surface area contributed by atoms with Crippen molar-refractivity contribution in [3.63, 3.8) is 0 Å². The lowest BCUT2D eigenvalue weighted by Crippen LogP contribution is -2.35. The number of rotatable bonds is 7. The molecule has 7 nitrogen and oxygen atoms in total. The van der Waals surface area contributed by atoms with E-state index < -0.39 is 24.4 Å². The lowest BCUT2D eigenvalue weighted by Gasteiger charge is -2.12. The first-order valence-corrected chi connectivity index (χ1v) is 8.14. The zero-order chi connectivity index (χ0) is 18.1. The maximum atomic E-state index is 12.1. The highest BCUT2D eigenvalue weighted by Crippen LogP contribution is 2.10. The van der Waals surface area contributed by atoms with Gasteiger partial charge in [-0.25, -0.2) is 4.79 Å². The summed E-state index contributed by atoms with van der Waals surface area (Å²) in [5.41, 5.74) is 0.705. The van der Waals surface area contributed by atoms with E-state index in [0.29, 0.717) is 13.2 Å². The molecule has 2 rings (SSSR count). The van der Waals surface area contributed by atoms with Crippen LogP contribution >= 0.6 is 0 Å². The molecule has 1 aliphatic rings. The lowest BCUT2D eigenvalue weighted by molar-refractivity contribution is -0.145. The van der Waals surface area contributed by atoms with Crippen LogP contribution in [-0.4, -0.2) is 43.6 Å². The SMILES string of the molecule is CC(=O)N/C(=C\c1ccccc1)C(=O)OCC(=O)NC[C@@H]1CCCO1. The van der Waals surface area contributed by atoms with Gasteiger partial charge in [-0.15, -0.1) is 0 Å². The second-order valence-electron chi connectivity index (χ2n) is 5.67. The lowest BCUT2D eigenvalue weighted by atomic mass is 10.2. The van der Waals surface area contributed by atoms with E-state index in [4.69, 9.17) is 9.47 Å². The Kier molecular flexibility index (Phi) is 7.16. The predicted octanol–water partition coefficient (Wildman–Crippen LogP) is 1.00. The molecule has 2 N–H and O–H groups in total. The van der Waals surface area contributed by atoms with Crippen molar-refractivity contribution in [2.75, 3.05) is 19.8 Å². The third-order valence-electron chi connectivity index (χ3n) is 3.53. The molecule has 1 saturated heterocycles. The van der Waals surface area contributed by atoms with Crippen LogP contribution in [0.4, 0.5) is 0 Å². The van der Waals surface area contributed by atoms with Crippen molar-refractivity contribution in [3.8, 4) is 0 Å². The molecule has 7 heteroatoms. The van der Waals surface area contributed by atoms with Crippen LogP contribution in [0.15, 0.2) is 36.0 Å². The van der Waals surface area contributed by atoms with Crippen molar-refractivity contribution in [3.05, 3.63) is 41.6 Å². The summed E-state index contributed by atoms with van der Waals surface area (Å²) >= 11 is 0. The molecule has 0 aromatic heterocycles. The fraction of sp³-hybridized carbons (Fsp3) is 0.389. The topological polar surface area (TPSA) is 93.7 Å². The molecule has 25 heavy (non-hydrogen) atoms. The van der Waals surface area contributed by atoms with Crippen LogP contribution in [0.25, 0.3) is 6.08 Å². The molecule has 1 heterocycles. The zero-order valence-corrected chi connectivity index (χ0v) is 14.1. The summed E-state index contributed by atoms with van der Waals surface area (Å²) in [6.07, 6.45) is 3.41. The molecule has 1 atom stereocenters. The van der Waals surface area contributed by atoms with E-state index in [1.807, 2.05) is 6.07 Å². The molecule has 0 spiro atoms. The molecule has 0 radical (unpaired) electrons. The van der Waals surface area contributed by atoms with Gasteiger partial charge in [-0.1, -0.05) is 30.3 Å². The van der Waals surface area contributed by atoms with Gasteiger partial charge in [0, 0.05) is 20.1 Å². The van der Waals surface area contributed by atoms with Gasteiger partial charge >= 0.3 is 5.97 Å². The Balaban J connectivity index is 1.87. The van der Waals surface area contributed by atoms with E-state index in [1.165, 1.54) is 13.0 Å². The molecule has 0 saturated carbocycles. The second kappa shape index (κ2) is 9.58. The molecule has 1 fully saturated rings. The van der Waals surface area contributed by atoms with Gasteiger partial charge in [0.15, 0.2) is 6.61 Å². The highest BCUT2D eigenvalue weighted by atomic mass is 16.5. The number of esters is 1. The molecule has 2 amide bonds. The maximum absolute atomic E-state index is 12.1. The van der Waals surface area contributed by atoms with E-state index in [0.717, 1.165) is 18.4 Å². The van der Waals surface area contributed by atoms with E-state index in [1.54, 1.807) is 24.3 Å². The van der Waals surface area contributed by atoms with Crippen LogP contribution < -0.4 is 10.6 Å². The number of carbonyl (C=O) groups excluding carboxylic acids is 3. The van der Waals surface area contributed by atoms with E-state index in [9.17, 15) is 14.4 Å². The minimum Gasteiger partial charge on any atom is -0.451 e.